The number of anilines is 2. The first kappa shape index (κ1) is 14.7. The topological polar surface area (TPSA) is 74.1 Å². The molecule has 0 fully saturated rings. The van der Waals surface area contributed by atoms with Gasteiger partial charge in [0.15, 0.2) is 6.61 Å². The normalized spacial score (nSPS) is 9.52. The Morgan fingerprint density at radius 3 is 2.10 bits per heavy atom. The van der Waals surface area contributed by atoms with Crippen LogP contribution < -0.4 is 15.4 Å². The number of hydrogen-bond acceptors (Lipinski definition) is 3. The number of nitrogens with one attached hydrogen (secondary N) is 2. The number of carbonyl (C=O) groups excluding carboxylic acids is 1. The van der Waals surface area contributed by atoms with Gasteiger partial charge in [0, 0.05) is 16.4 Å². The van der Waals surface area contributed by atoms with Crippen LogP contribution in [-0.4, -0.2) is 12.6 Å². The van der Waals surface area contributed by atoms with E-state index >= 15 is 0 Å². The van der Waals surface area contributed by atoms with Crippen LogP contribution in [-0.2, 0) is 0 Å². The van der Waals surface area contributed by atoms with Crippen molar-refractivity contribution in [2.45, 2.75) is 0 Å². The van der Waals surface area contributed by atoms with Crippen LogP contribution in [0.5, 0.6) is 5.75 Å². The van der Waals surface area contributed by atoms with E-state index in [-0.39, 0.29) is 12.6 Å². The number of amides is 2. The van der Waals surface area contributed by atoms with E-state index in [1.165, 1.54) is 0 Å². The first-order valence-electron chi connectivity index (χ1n) is 6.11. The van der Waals surface area contributed by atoms with E-state index in [2.05, 4.69) is 10.6 Å². The molecule has 0 aliphatic carbocycles. The fraction of sp³-hybridized carbons (Fsp3) is 0.0667. The van der Waals surface area contributed by atoms with Gasteiger partial charge in [-0.3, -0.25) is 0 Å². The van der Waals surface area contributed by atoms with Crippen LogP contribution in [0, 0.1) is 11.3 Å². The third-order valence-electron chi connectivity index (χ3n) is 2.52. The van der Waals surface area contributed by atoms with E-state index in [1.54, 1.807) is 48.5 Å². The molecule has 0 spiro atoms. The minimum atomic E-state index is -0.358. The summed E-state index contributed by atoms with van der Waals surface area (Å²) in [6.45, 7) is -0.0101. The molecule has 2 rings (SSSR count). The van der Waals surface area contributed by atoms with Crippen LogP contribution >= 0.6 is 11.6 Å². The van der Waals surface area contributed by atoms with Crippen LogP contribution in [0.25, 0.3) is 0 Å². The second-order valence-electron chi connectivity index (χ2n) is 4.06. The predicted molar refractivity (Wildman–Crippen MR) is 81.6 cm³/mol. The highest BCUT2D eigenvalue weighted by Crippen LogP contribution is 2.17. The van der Waals surface area contributed by atoms with Crippen molar-refractivity contribution < 1.29 is 9.53 Å². The summed E-state index contributed by atoms with van der Waals surface area (Å²) in [7, 11) is 0. The van der Waals surface area contributed by atoms with E-state index in [1.807, 2.05) is 6.07 Å². The number of nitriles is 1. The van der Waals surface area contributed by atoms with E-state index in [0.717, 1.165) is 0 Å². The lowest BCUT2D eigenvalue weighted by atomic mass is 10.3. The van der Waals surface area contributed by atoms with Crippen LogP contribution in [0.15, 0.2) is 48.5 Å². The van der Waals surface area contributed by atoms with Crippen molar-refractivity contribution in [2.24, 2.45) is 0 Å². The Bertz CT molecular complexity index is 648. The van der Waals surface area contributed by atoms with Crippen LogP contribution in [0.3, 0.4) is 0 Å². The van der Waals surface area contributed by atoms with Gasteiger partial charge in [0.25, 0.3) is 0 Å². The van der Waals surface area contributed by atoms with Crippen LogP contribution in [0.2, 0.25) is 5.02 Å². The van der Waals surface area contributed by atoms with E-state index in [9.17, 15) is 4.79 Å². The highest BCUT2D eigenvalue weighted by molar-refractivity contribution is 6.30. The average molecular weight is 302 g/mol. The standard InChI is InChI=1S/C15H12ClN3O2/c16-11-1-3-12(4-2-11)18-15(20)19-13-5-7-14(8-6-13)21-10-9-17/h1-8H,10H2,(H2,18,19,20). The molecule has 2 amide bonds. The summed E-state index contributed by atoms with van der Waals surface area (Å²) < 4.78 is 5.12. The zero-order valence-corrected chi connectivity index (χ0v) is 11.7. The maximum absolute atomic E-state index is 11.8. The molecule has 0 saturated heterocycles. The number of rotatable bonds is 4. The van der Waals surface area contributed by atoms with Crippen molar-refractivity contribution in [3.63, 3.8) is 0 Å². The first-order valence-corrected chi connectivity index (χ1v) is 6.48. The first-order chi connectivity index (χ1) is 10.2. The number of nitrogens with zero attached hydrogens (tertiary/aromatic N) is 1. The summed E-state index contributed by atoms with van der Waals surface area (Å²) in [5.41, 5.74) is 1.26. The minimum Gasteiger partial charge on any atom is -0.479 e. The quantitative estimate of drug-likeness (QED) is 0.899. The molecular formula is C15H12ClN3O2. The van der Waals surface area contributed by atoms with Crippen molar-refractivity contribution >= 4 is 29.0 Å². The van der Waals surface area contributed by atoms with Crippen molar-refractivity contribution in [3.05, 3.63) is 53.6 Å². The molecule has 0 bridgehead atoms. The number of carbonyl (C=O) groups is 1. The molecule has 106 valence electrons. The summed E-state index contributed by atoms with van der Waals surface area (Å²) in [4.78, 5) is 11.8. The molecule has 0 saturated carbocycles. The summed E-state index contributed by atoms with van der Waals surface area (Å²) in [6.07, 6.45) is 0. The number of hydrogen-bond donors (Lipinski definition) is 2. The van der Waals surface area contributed by atoms with Gasteiger partial charge in [-0.25, -0.2) is 4.79 Å². The molecule has 0 heterocycles. The highest BCUT2D eigenvalue weighted by atomic mass is 35.5. The molecule has 0 aliphatic rings. The lowest BCUT2D eigenvalue weighted by Gasteiger charge is -2.08. The molecule has 0 aromatic heterocycles. The smallest absolute Gasteiger partial charge is 0.323 e. The second kappa shape index (κ2) is 7.17. The highest BCUT2D eigenvalue weighted by Gasteiger charge is 2.03. The molecule has 2 aromatic rings. The van der Waals surface area contributed by atoms with Gasteiger partial charge in [0.05, 0.1) is 0 Å². The molecule has 21 heavy (non-hydrogen) atoms. The molecule has 0 atom stereocenters. The Labute approximate surface area is 127 Å². The predicted octanol–water partition coefficient (Wildman–Crippen LogP) is 3.89. The lowest BCUT2D eigenvalue weighted by Crippen LogP contribution is -2.19. The largest absolute Gasteiger partial charge is 0.479 e. The van der Waals surface area contributed by atoms with E-state index < -0.39 is 0 Å². The molecule has 5 nitrogen and oxygen atoms in total. The Morgan fingerprint density at radius 2 is 1.57 bits per heavy atom. The number of urea groups is 1. The van der Waals surface area contributed by atoms with Crippen molar-refractivity contribution in [1.29, 1.82) is 5.26 Å². The molecule has 0 unspecified atom stereocenters. The van der Waals surface area contributed by atoms with Gasteiger partial charge in [0.1, 0.15) is 11.8 Å². The minimum absolute atomic E-state index is 0.0101. The fourth-order valence-corrected chi connectivity index (χ4v) is 1.70. The van der Waals surface area contributed by atoms with Gasteiger partial charge < -0.3 is 15.4 Å². The second-order valence-corrected chi connectivity index (χ2v) is 4.49. The third-order valence-corrected chi connectivity index (χ3v) is 2.77. The van der Waals surface area contributed by atoms with Crippen LogP contribution in [0.4, 0.5) is 16.2 Å². The van der Waals surface area contributed by atoms with Gasteiger partial charge in [-0.2, -0.15) is 5.26 Å². The summed E-state index contributed by atoms with van der Waals surface area (Å²) in [5.74, 6) is 0.570. The van der Waals surface area contributed by atoms with Crippen molar-refractivity contribution in [3.8, 4) is 11.8 Å². The van der Waals surface area contributed by atoms with Crippen molar-refractivity contribution in [1.82, 2.24) is 0 Å². The summed E-state index contributed by atoms with van der Waals surface area (Å²) in [5, 5.41) is 14.4. The summed E-state index contributed by atoms with van der Waals surface area (Å²) >= 11 is 5.77. The van der Waals surface area contributed by atoms with E-state index in [0.29, 0.717) is 22.1 Å². The third kappa shape index (κ3) is 4.71. The van der Waals surface area contributed by atoms with Gasteiger partial charge in [-0.15, -0.1) is 0 Å². The van der Waals surface area contributed by atoms with Gasteiger partial charge in [-0.05, 0) is 48.5 Å². The number of benzene rings is 2. The number of halogens is 1. The molecule has 6 heteroatoms. The monoisotopic (exact) mass is 301 g/mol. The van der Waals surface area contributed by atoms with E-state index in [4.69, 9.17) is 21.6 Å². The van der Waals surface area contributed by atoms with Gasteiger partial charge in [-0.1, -0.05) is 11.6 Å². The Morgan fingerprint density at radius 1 is 1.05 bits per heavy atom. The Kier molecular flexibility index (Phi) is 5.02. The zero-order chi connectivity index (χ0) is 15.1. The lowest BCUT2D eigenvalue weighted by molar-refractivity contribution is 0.262. The molecule has 2 aromatic carbocycles. The maximum Gasteiger partial charge on any atom is 0.323 e. The molecule has 0 radical (unpaired) electrons. The molecular weight excluding hydrogens is 290 g/mol. The van der Waals surface area contributed by atoms with Gasteiger partial charge >= 0.3 is 6.03 Å². The average Bonchev–Trinajstić information content (AvgIpc) is 2.49. The van der Waals surface area contributed by atoms with Crippen molar-refractivity contribution in [2.75, 3.05) is 17.2 Å². The van der Waals surface area contributed by atoms with Crippen LogP contribution in [0.1, 0.15) is 0 Å². The Hall–Kier alpha value is -2.71. The number of ether oxygens (including phenoxy) is 1. The molecule has 0 aliphatic heterocycles. The maximum atomic E-state index is 11.8. The summed E-state index contributed by atoms with van der Waals surface area (Å²) in [6, 6.07) is 15.1. The fourth-order valence-electron chi connectivity index (χ4n) is 1.58. The zero-order valence-electron chi connectivity index (χ0n) is 11.0. The Balaban J connectivity index is 1.90. The molecule has 2 N–H and O–H groups in total. The SMILES string of the molecule is N#CCOc1ccc(NC(=O)Nc2ccc(Cl)cc2)cc1. The van der Waals surface area contributed by atoms with Gasteiger partial charge in [0.2, 0.25) is 0 Å².